The van der Waals surface area contributed by atoms with Gasteiger partial charge in [-0.3, -0.25) is 0 Å². The predicted molar refractivity (Wildman–Crippen MR) is 82.9 cm³/mol. The fourth-order valence-corrected chi connectivity index (χ4v) is 3.70. The first kappa shape index (κ1) is 15.6. The fraction of sp³-hybridized carbons (Fsp3) is 0.333. The Morgan fingerprint density at radius 2 is 2.10 bits per heavy atom. The number of rotatable bonds is 5. The molecule has 0 saturated heterocycles. The molecule has 6 heteroatoms. The summed E-state index contributed by atoms with van der Waals surface area (Å²) in [6, 6.07) is 7.32. The topological polar surface area (TPSA) is 71.2 Å². The molecule has 1 amide bonds. The standard InChI is InChI=1S/C15H18N2O3Se/c1-9(18)16-13(15(19)20-2)8-11-10-6-4-5-7-12(10)17-14(11)21-3/h4-7,13,17H,8H2,1-3H3,(H,16,18)/t13-/m0/s1. The molecule has 2 aromatic rings. The number of ether oxygens (including phenoxy) is 1. The van der Waals surface area contributed by atoms with Crippen molar-refractivity contribution in [3.63, 3.8) is 0 Å². The van der Waals surface area contributed by atoms with Crippen molar-refractivity contribution in [1.82, 2.24) is 10.3 Å². The molecule has 5 nitrogen and oxygen atoms in total. The summed E-state index contributed by atoms with van der Waals surface area (Å²) in [6.07, 6.45) is 0.432. The number of carbonyl (C=O) groups excluding carboxylic acids is 2. The van der Waals surface area contributed by atoms with Crippen LogP contribution in [0.2, 0.25) is 5.82 Å². The van der Waals surface area contributed by atoms with Crippen molar-refractivity contribution >= 4 is 42.3 Å². The van der Waals surface area contributed by atoms with Gasteiger partial charge in [-0.1, -0.05) is 0 Å². The summed E-state index contributed by atoms with van der Waals surface area (Å²) >= 11 is 0.269. The van der Waals surface area contributed by atoms with Crippen LogP contribution in [0.3, 0.4) is 0 Å². The number of methoxy groups -OCH3 is 1. The molecule has 0 radical (unpaired) electrons. The van der Waals surface area contributed by atoms with Gasteiger partial charge in [0, 0.05) is 0 Å². The molecular weight excluding hydrogens is 335 g/mol. The normalized spacial score (nSPS) is 12.1. The number of para-hydroxylation sites is 1. The maximum atomic E-state index is 11.9. The Labute approximate surface area is 129 Å². The third-order valence-corrected chi connectivity index (χ3v) is 4.84. The number of esters is 1. The summed E-state index contributed by atoms with van der Waals surface area (Å²) in [7, 11) is 1.33. The minimum absolute atomic E-state index is 0.242. The zero-order valence-electron chi connectivity index (χ0n) is 12.2. The van der Waals surface area contributed by atoms with Gasteiger partial charge in [0.2, 0.25) is 0 Å². The van der Waals surface area contributed by atoms with E-state index in [1.807, 2.05) is 24.3 Å². The van der Waals surface area contributed by atoms with Crippen molar-refractivity contribution in [1.29, 1.82) is 0 Å². The van der Waals surface area contributed by atoms with Crippen molar-refractivity contribution in [2.75, 3.05) is 7.11 Å². The van der Waals surface area contributed by atoms with E-state index in [9.17, 15) is 9.59 Å². The number of aromatic nitrogens is 1. The summed E-state index contributed by atoms with van der Waals surface area (Å²) in [5, 5.41) is 3.76. The van der Waals surface area contributed by atoms with Gasteiger partial charge < -0.3 is 0 Å². The van der Waals surface area contributed by atoms with E-state index in [2.05, 4.69) is 16.1 Å². The second-order valence-corrected chi connectivity index (χ2v) is 6.38. The molecule has 2 rings (SSSR count). The zero-order valence-corrected chi connectivity index (χ0v) is 13.9. The second kappa shape index (κ2) is 6.78. The molecule has 0 aliphatic heterocycles. The molecule has 1 aromatic carbocycles. The van der Waals surface area contributed by atoms with E-state index >= 15 is 0 Å². The van der Waals surface area contributed by atoms with E-state index in [-0.39, 0.29) is 20.9 Å². The molecule has 2 N–H and O–H groups in total. The molecule has 0 fully saturated rings. The van der Waals surface area contributed by atoms with Gasteiger partial charge in [-0.15, -0.1) is 0 Å². The molecule has 0 spiro atoms. The molecule has 0 bridgehead atoms. The molecule has 0 saturated carbocycles. The summed E-state index contributed by atoms with van der Waals surface area (Å²) in [5.41, 5.74) is 2.13. The summed E-state index contributed by atoms with van der Waals surface area (Å²) in [6.45, 7) is 1.40. The Balaban J connectivity index is 2.39. The van der Waals surface area contributed by atoms with Crippen LogP contribution in [-0.4, -0.2) is 45.0 Å². The Hall–Kier alpha value is -1.78. The van der Waals surface area contributed by atoms with Crippen molar-refractivity contribution in [3.05, 3.63) is 29.8 Å². The number of carbonyl (C=O) groups is 2. The first-order valence-corrected chi connectivity index (χ1v) is 9.12. The molecule has 0 aliphatic carbocycles. The van der Waals surface area contributed by atoms with E-state index in [0.717, 1.165) is 21.1 Å². The number of amides is 1. The van der Waals surface area contributed by atoms with E-state index in [1.165, 1.54) is 14.0 Å². The number of aromatic amines is 1. The van der Waals surface area contributed by atoms with Gasteiger partial charge in [0.1, 0.15) is 0 Å². The molecule has 0 aliphatic rings. The van der Waals surface area contributed by atoms with Crippen LogP contribution in [0.15, 0.2) is 24.3 Å². The van der Waals surface area contributed by atoms with Crippen molar-refractivity contribution < 1.29 is 14.3 Å². The molecule has 112 valence electrons. The fourth-order valence-electron chi connectivity index (χ4n) is 2.34. The monoisotopic (exact) mass is 354 g/mol. The molecule has 1 heterocycles. The van der Waals surface area contributed by atoms with E-state index < -0.39 is 12.0 Å². The van der Waals surface area contributed by atoms with Crippen LogP contribution < -0.4 is 9.91 Å². The van der Waals surface area contributed by atoms with E-state index in [4.69, 9.17) is 4.74 Å². The molecule has 1 atom stereocenters. The maximum absolute atomic E-state index is 11.9. The average molecular weight is 353 g/mol. The number of hydrogen-bond donors (Lipinski definition) is 2. The van der Waals surface area contributed by atoms with Gasteiger partial charge >= 0.3 is 129 Å². The van der Waals surface area contributed by atoms with Crippen LogP contribution >= 0.6 is 0 Å². The van der Waals surface area contributed by atoms with Crippen molar-refractivity contribution in [3.8, 4) is 0 Å². The van der Waals surface area contributed by atoms with Crippen molar-refractivity contribution in [2.24, 2.45) is 0 Å². The minimum atomic E-state index is -0.659. The summed E-state index contributed by atoms with van der Waals surface area (Å²) < 4.78 is 5.93. The Morgan fingerprint density at radius 1 is 1.38 bits per heavy atom. The third kappa shape index (κ3) is 3.46. The number of H-pyrrole nitrogens is 1. The molecule has 1 aromatic heterocycles. The first-order chi connectivity index (χ1) is 10.1. The quantitative estimate of drug-likeness (QED) is 0.616. The second-order valence-electron chi connectivity index (χ2n) is 4.66. The van der Waals surface area contributed by atoms with Crippen molar-refractivity contribution in [2.45, 2.75) is 25.2 Å². The first-order valence-electron chi connectivity index (χ1n) is 6.55. The molecular formula is C15H18N2O3Se. The van der Waals surface area contributed by atoms with Crippen LogP contribution in [0.4, 0.5) is 0 Å². The van der Waals surface area contributed by atoms with Gasteiger partial charge in [0.05, 0.1) is 0 Å². The van der Waals surface area contributed by atoms with Gasteiger partial charge in [0.15, 0.2) is 0 Å². The van der Waals surface area contributed by atoms with Gasteiger partial charge in [-0.2, -0.15) is 0 Å². The number of fused-ring (bicyclic) bond motifs is 1. The number of benzene rings is 1. The number of nitrogens with one attached hydrogen (secondary N) is 2. The van der Waals surface area contributed by atoms with Gasteiger partial charge in [0.25, 0.3) is 0 Å². The SMILES string of the molecule is COC(=O)[C@H](Cc1c([Se]C)[nH]c2ccccc12)NC(C)=O. The third-order valence-electron chi connectivity index (χ3n) is 3.25. The van der Waals surface area contributed by atoms with Gasteiger partial charge in [-0.25, -0.2) is 0 Å². The zero-order chi connectivity index (χ0) is 15.4. The Morgan fingerprint density at radius 3 is 2.71 bits per heavy atom. The Bertz CT molecular complexity index is 666. The van der Waals surface area contributed by atoms with E-state index in [1.54, 1.807) is 0 Å². The summed E-state index contributed by atoms with van der Waals surface area (Å²) in [5.74, 6) is 1.45. The molecule has 0 unspecified atom stereocenters. The van der Waals surface area contributed by atoms with Crippen LogP contribution in [0.5, 0.6) is 0 Å². The van der Waals surface area contributed by atoms with Crippen LogP contribution in [-0.2, 0) is 20.7 Å². The number of hydrogen-bond acceptors (Lipinski definition) is 3. The molecule has 21 heavy (non-hydrogen) atoms. The van der Waals surface area contributed by atoms with Crippen LogP contribution in [0.1, 0.15) is 12.5 Å². The Kier molecular flexibility index (Phi) is 5.04. The average Bonchev–Trinajstić information content (AvgIpc) is 2.83. The van der Waals surface area contributed by atoms with Crippen LogP contribution in [0.25, 0.3) is 10.9 Å². The summed E-state index contributed by atoms with van der Waals surface area (Å²) in [4.78, 5) is 26.6. The van der Waals surface area contributed by atoms with Gasteiger partial charge in [-0.05, 0) is 0 Å². The van der Waals surface area contributed by atoms with Crippen LogP contribution in [0, 0.1) is 0 Å². The predicted octanol–water partition coefficient (Wildman–Crippen LogP) is 0.766. The van der Waals surface area contributed by atoms with E-state index in [0.29, 0.717) is 6.42 Å².